The summed E-state index contributed by atoms with van der Waals surface area (Å²) in [4.78, 5) is 13.3. The van der Waals surface area contributed by atoms with Crippen LogP contribution in [0, 0.1) is 0 Å². The van der Waals surface area contributed by atoms with Gasteiger partial charge in [0.2, 0.25) is 5.91 Å². The number of carbonyl (C=O) groups excluding carboxylic acids is 1. The van der Waals surface area contributed by atoms with Gasteiger partial charge in [-0.05, 0) is 11.4 Å². The Morgan fingerprint density at radius 3 is 3.12 bits per heavy atom. The number of rotatable bonds is 6. The zero-order valence-electron chi connectivity index (χ0n) is 13.8. The van der Waals surface area contributed by atoms with E-state index in [0.29, 0.717) is 26.2 Å². The number of ether oxygens (including phenoxy) is 3. The molecule has 8 nitrogen and oxygen atoms in total. The maximum Gasteiger partial charge on any atom is 0.225 e. The monoisotopic (exact) mass is 364 g/mol. The first-order valence-electron chi connectivity index (χ1n) is 8.19. The smallest absolute Gasteiger partial charge is 0.225 e. The van der Waals surface area contributed by atoms with Crippen LogP contribution in [0.5, 0.6) is 0 Å². The fourth-order valence-electron chi connectivity index (χ4n) is 3.35. The topological polar surface area (TPSA) is 87.5 Å². The molecule has 4 rings (SSSR count). The van der Waals surface area contributed by atoms with Crippen molar-refractivity contribution in [2.45, 2.75) is 37.3 Å². The Morgan fingerprint density at radius 1 is 1.44 bits per heavy atom. The lowest BCUT2D eigenvalue weighted by atomic mass is 10.1. The van der Waals surface area contributed by atoms with Crippen molar-refractivity contribution >= 4 is 17.2 Å². The van der Waals surface area contributed by atoms with Gasteiger partial charge >= 0.3 is 0 Å². The zero-order chi connectivity index (χ0) is 17.2. The second-order valence-corrected chi connectivity index (χ2v) is 7.25. The highest BCUT2D eigenvalue weighted by atomic mass is 32.1. The molecule has 0 aromatic carbocycles. The molecule has 25 heavy (non-hydrogen) atoms. The molecule has 1 N–H and O–H groups in total. The first kappa shape index (κ1) is 16.6. The van der Waals surface area contributed by atoms with Gasteiger partial charge in [-0.2, -0.15) is 0 Å². The van der Waals surface area contributed by atoms with Gasteiger partial charge in [0, 0.05) is 12.0 Å². The Bertz CT molecular complexity index is 720. The van der Waals surface area contributed by atoms with E-state index in [2.05, 4.69) is 15.6 Å². The van der Waals surface area contributed by atoms with Crippen LogP contribution in [0.3, 0.4) is 0 Å². The molecule has 2 fully saturated rings. The van der Waals surface area contributed by atoms with Gasteiger partial charge in [0.15, 0.2) is 0 Å². The van der Waals surface area contributed by atoms with Crippen molar-refractivity contribution in [3.8, 4) is 0 Å². The predicted octanol–water partition coefficient (Wildman–Crippen LogP) is 0.552. The van der Waals surface area contributed by atoms with Crippen molar-refractivity contribution in [3.05, 3.63) is 34.3 Å². The first-order valence-corrected chi connectivity index (χ1v) is 9.07. The molecule has 9 heteroatoms. The van der Waals surface area contributed by atoms with Crippen LogP contribution in [0.4, 0.5) is 0 Å². The maximum absolute atomic E-state index is 12.2. The summed E-state index contributed by atoms with van der Waals surface area (Å²) in [6.07, 6.45) is 1.95. The third kappa shape index (κ3) is 3.45. The average Bonchev–Trinajstić information content (AvgIpc) is 3.33. The Balaban J connectivity index is 1.37. The molecule has 2 aliphatic heterocycles. The molecule has 134 valence electrons. The molecular weight excluding hydrogens is 344 g/mol. The quantitative estimate of drug-likeness (QED) is 0.806. The van der Waals surface area contributed by atoms with Crippen molar-refractivity contribution in [2.24, 2.45) is 0 Å². The van der Waals surface area contributed by atoms with E-state index in [-0.39, 0.29) is 30.2 Å². The van der Waals surface area contributed by atoms with Gasteiger partial charge < -0.3 is 19.5 Å². The largest absolute Gasteiger partial charge is 0.378 e. The minimum absolute atomic E-state index is 0.00751. The summed E-state index contributed by atoms with van der Waals surface area (Å²) in [5, 5.41) is 13.2. The van der Waals surface area contributed by atoms with Crippen LogP contribution in [-0.2, 0) is 32.0 Å². The van der Waals surface area contributed by atoms with Crippen LogP contribution in [0.2, 0.25) is 0 Å². The summed E-state index contributed by atoms with van der Waals surface area (Å²) in [7, 11) is 1.62. The van der Waals surface area contributed by atoms with Gasteiger partial charge in [0.1, 0.15) is 23.9 Å². The number of fused-ring (bicyclic) bond motifs is 1. The summed E-state index contributed by atoms with van der Waals surface area (Å²) >= 11 is 1.58. The van der Waals surface area contributed by atoms with Crippen molar-refractivity contribution in [1.29, 1.82) is 0 Å². The fraction of sp³-hybridized carbons (Fsp3) is 0.562. The summed E-state index contributed by atoms with van der Waals surface area (Å²) in [6.45, 7) is 1.36. The molecule has 2 saturated heterocycles. The number of aromatic nitrogens is 3. The molecule has 0 spiro atoms. The van der Waals surface area contributed by atoms with Gasteiger partial charge in [-0.1, -0.05) is 11.3 Å². The van der Waals surface area contributed by atoms with Crippen LogP contribution in [-0.4, -0.2) is 59.5 Å². The standard InChI is InChI=1S/C16H20N4O4S/c1-22-7-10-6-20(19-18-10)13-9-24-15-12(8-23-16(13)15)17-14(21)5-11-3-2-4-25-11/h2-4,6,12-13,15-16H,5,7-9H2,1H3,(H,17,21)/t12-,13-,15+,16+/m0/s1. The van der Waals surface area contributed by atoms with E-state index in [1.165, 1.54) is 0 Å². The van der Waals surface area contributed by atoms with Gasteiger partial charge in [0.05, 0.1) is 38.5 Å². The second kappa shape index (κ2) is 7.20. The lowest BCUT2D eigenvalue weighted by Crippen LogP contribution is -2.44. The number of thiophene rings is 1. The van der Waals surface area contributed by atoms with Gasteiger partial charge in [-0.3, -0.25) is 4.79 Å². The predicted molar refractivity (Wildman–Crippen MR) is 89.2 cm³/mol. The SMILES string of the molecule is COCc1cn([C@H]2CO[C@H]3[C@@H]2OC[C@@H]3NC(=O)Cc2cccs2)nn1. The zero-order valence-corrected chi connectivity index (χ0v) is 14.6. The number of hydrogen-bond donors (Lipinski definition) is 1. The number of amides is 1. The lowest BCUT2D eigenvalue weighted by Gasteiger charge is -2.17. The molecule has 4 heterocycles. The highest BCUT2D eigenvalue weighted by Gasteiger charge is 2.49. The van der Waals surface area contributed by atoms with E-state index in [0.717, 1.165) is 10.6 Å². The number of methoxy groups -OCH3 is 1. The Kier molecular flexibility index (Phi) is 4.80. The molecule has 0 aliphatic carbocycles. The molecule has 2 aromatic heterocycles. The maximum atomic E-state index is 12.2. The molecule has 2 aliphatic rings. The average molecular weight is 364 g/mol. The number of carbonyl (C=O) groups is 1. The molecule has 0 radical (unpaired) electrons. The molecular formula is C16H20N4O4S. The van der Waals surface area contributed by atoms with Crippen LogP contribution < -0.4 is 5.32 Å². The fourth-order valence-corrected chi connectivity index (χ4v) is 4.05. The van der Waals surface area contributed by atoms with Crippen LogP contribution >= 0.6 is 11.3 Å². The van der Waals surface area contributed by atoms with E-state index in [1.807, 2.05) is 23.7 Å². The molecule has 2 aromatic rings. The minimum Gasteiger partial charge on any atom is -0.378 e. The van der Waals surface area contributed by atoms with Crippen LogP contribution in [0.15, 0.2) is 23.7 Å². The minimum atomic E-state index is -0.160. The molecule has 0 bridgehead atoms. The molecule has 4 atom stereocenters. The Morgan fingerprint density at radius 2 is 2.32 bits per heavy atom. The van der Waals surface area contributed by atoms with Crippen LogP contribution in [0.1, 0.15) is 16.6 Å². The van der Waals surface area contributed by atoms with E-state index in [9.17, 15) is 4.79 Å². The number of hydrogen-bond acceptors (Lipinski definition) is 7. The Hall–Kier alpha value is -1.81. The van der Waals surface area contributed by atoms with Crippen molar-refractivity contribution in [2.75, 3.05) is 20.3 Å². The van der Waals surface area contributed by atoms with E-state index in [1.54, 1.807) is 23.1 Å². The van der Waals surface area contributed by atoms with E-state index >= 15 is 0 Å². The van der Waals surface area contributed by atoms with Gasteiger partial charge in [0.25, 0.3) is 0 Å². The molecule has 0 saturated carbocycles. The van der Waals surface area contributed by atoms with Crippen LogP contribution in [0.25, 0.3) is 0 Å². The normalized spacial score (nSPS) is 28.2. The van der Waals surface area contributed by atoms with Crippen molar-refractivity contribution in [1.82, 2.24) is 20.3 Å². The van der Waals surface area contributed by atoms with Crippen molar-refractivity contribution in [3.63, 3.8) is 0 Å². The lowest BCUT2D eigenvalue weighted by molar-refractivity contribution is -0.121. The van der Waals surface area contributed by atoms with E-state index in [4.69, 9.17) is 14.2 Å². The number of nitrogens with one attached hydrogen (secondary N) is 1. The van der Waals surface area contributed by atoms with E-state index < -0.39 is 0 Å². The third-order valence-electron chi connectivity index (χ3n) is 4.48. The Labute approximate surface area is 149 Å². The number of nitrogens with zero attached hydrogens (tertiary/aromatic N) is 3. The second-order valence-electron chi connectivity index (χ2n) is 6.22. The summed E-state index contributed by atoms with van der Waals surface area (Å²) in [5.41, 5.74) is 0.768. The molecule has 0 unspecified atom stereocenters. The highest BCUT2D eigenvalue weighted by molar-refractivity contribution is 7.10. The molecule has 1 amide bonds. The van der Waals surface area contributed by atoms with Gasteiger partial charge in [-0.15, -0.1) is 16.4 Å². The first-order chi connectivity index (χ1) is 12.2. The third-order valence-corrected chi connectivity index (χ3v) is 5.35. The summed E-state index contributed by atoms with van der Waals surface area (Å²) < 4.78 is 18.7. The highest BCUT2D eigenvalue weighted by Crippen LogP contribution is 2.34. The van der Waals surface area contributed by atoms with Crippen molar-refractivity contribution < 1.29 is 19.0 Å². The summed E-state index contributed by atoms with van der Waals surface area (Å²) in [5.74, 6) is -0.00751. The van der Waals surface area contributed by atoms with Gasteiger partial charge in [-0.25, -0.2) is 4.68 Å². The summed E-state index contributed by atoms with van der Waals surface area (Å²) in [6, 6.07) is 3.73.